The van der Waals surface area contributed by atoms with E-state index in [0.717, 1.165) is 6.54 Å². The van der Waals surface area contributed by atoms with Crippen molar-refractivity contribution in [2.45, 2.75) is 24.7 Å². The fourth-order valence-corrected chi connectivity index (χ4v) is 3.19. The van der Waals surface area contributed by atoms with Gasteiger partial charge in [0.05, 0.1) is 31.3 Å². The number of carbonyl (C=O) groups is 1. The molecule has 1 aromatic carbocycles. The molecule has 0 aliphatic carbocycles. The van der Waals surface area contributed by atoms with E-state index >= 15 is 0 Å². The molecule has 5 nitrogen and oxygen atoms in total. The van der Waals surface area contributed by atoms with Crippen molar-refractivity contribution in [3.05, 3.63) is 35.6 Å². The number of rotatable bonds is 3. The number of aliphatic hydroxyl groups excluding tert-OH is 1. The van der Waals surface area contributed by atoms with Gasteiger partial charge in [-0.15, -0.1) is 0 Å². The van der Waals surface area contributed by atoms with Crippen LogP contribution in [0, 0.1) is 5.82 Å². The normalized spacial score (nSPS) is 26.8. The molecule has 6 heteroatoms. The molecule has 0 bridgehead atoms. The van der Waals surface area contributed by atoms with Gasteiger partial charge in [0.15, 0.2) is 0 Å². The molecule has 1 aromatic rings. The highest BCUT2D eigenvalue weighted by molar-refractivity contribution is 5.77. The summed E-state index contributed by atoms with van der Waals surface area (Å²) in [5, 5.41) is 10.1. The van der Waals surface area contributed by atoms with Crippen molar-refractivity contribution in [2.75, 3.05) is 33.3 Å². The zero-order valence-corrected chi connectivity index (χ0v) is 12.6. The van der Waals surface area contributed by atoms with Crippen molar-refractivity contribution in [3.8, 4) is 0 Å². The van der Waals surface area contributed by atoms with E-state index in [9.17, 15) is 14.3 Å². The lowest BCUT2D eigenvalue weighted by Gasteiger charge is -2.33. The van der Waals surface area contributed by atoms with Crippen LogP contribution in [0.5, 0.6) is 0 Å². The van der Waals surface area contributed by atoms with Crippen LogP contribution in [0.15, 0.2) is 24.3 Å². The molecule has 2 heterocycles. The Labute approximate surface area is 129 Å². The molecule has 1 N–H and O–H groups in total. The van der Waals surface area contributed by atoms with Crippen LogP contribution in [0.4, 0.5) is 4.39 Å². The lowest BCUT2D eigenvalue weighted by atomic mass is 10.1. The number of benzene rings is 1. The number of nitrogens with zero attached hydrogens (tertiary/aromatic N) is 2. The molecule has 2 aliphatic heterocycles. The van der Waals surface area contributed by atoms with Crippen molar-refractivity contribution in [1.29, 1.82) is 0 Å². The maximum Gasteiger partial charge on any atom is 0.225 e. The van der Waals surface area contributed by atoms with Crippen molar-refractivity contribution in [2.24, 2.45) is 0 Å². The van der Waals surface area contributed by atoms with E-state index in [-0.39, 0.29) is 24.5 Å². The van der Waals surface area contributed by atoms with Gasteiger partial charge in [0.2, 0.25) is 5.91 Å². The average Bonchev–Trinajstić information content (AvgIpc) is 2.93. The average molecular weight is 308 g/mol. The number of fused-ring (bicyclic) bond motifs is 1. The monoisotopic (exact) mass is 308 g/mol. The van der Waals surface area contributed by atoms with Crippen molar-refractivity contribution in [1.82, 2.24) is 9.80 Å². The fraction of sp³-hybridized carbons (Fsp3) is 0.562. The Morgan fingerprint density at radius 1 is 1.50 bits per heavy atom. The molecule has 1 amide bonds. The molecule has 120 valence electrons. The summed E-state index contributed by atoms with van der Waals surface area (Å²) >= 11 is 0. The molecule has 0 aromatic heterocycles. The first-order chi connectivity index (χ1) is 10.5. The van der Waals surface area contributed by atoms with Gasteiger partial charge in [0.1, 0.15) is 5.82 Å². The summed E-state index contributed by atoms with van der Waals surface area (Å²) in [6.45, 7) is 2.74. The number of ether oxygens (including phenoxy) is 1. The SMILES string of the molecule is CN1CCOC2CN(C(=O)CC(O)c3cccc(F)c3)CC21. The maximum absolute atomic E-state index is 13.2. The summed E-state index contributed by atoms with van der Waals surface area (Å²) in [7, 11) is 2.04. The topological polar surface area (TPSA) is 53.0 Å². The number of morpholine rings is 1. The molecule has 3 atom stereocenters. The second-order valence-corrected chi connectivity index (χ2v) is 6.03. The third kappa shape index (κ3) is 3.14. The highest BCUT2D eigenvalue weighted by Crippen LogP contribution is 2.24. The molecule has 0 saturated carbocycles. The van der Waals surface area contributed by atoms with E-state index in [4.69, 9.17) is 4.74 Å². The standard InChI is InChI=1S/C16H21FN2O3/c1-18-5-6-22-15-10-19(9-13(15)18)16(21)8-14(20)11-3-2-4-12(17)7-11/h2-4,7,13-15,20H,5-6,8-10H2,1H3. The molecule has 3 rings (SSSR count). The van der Waals surface area contributed by atoms with Crippen LogP contribution in [-0.4, -0.2) is 66.2 Å². The van der Waals surface area contributed by atoms with E-state index in [1.54, 1.807) is 11.0 Å². The van der Waals surface area contributed by atoms with Crippen molar-refractivity contribution in [3.63, 3.8) is 0 Å². The molecular weight excluding hydrogens is 287 g/mol. The number of carbonyl (C=O) groups excluding carboxylic acids is 1. The lowest BCUT2D eigenvalue weighted by Crippen LogP contribution is -2.48. The summed E-state index contributed by atoms with van der Waals surface area (Å²) in [6.07, 6.45) is -0.967. The number of likely N-dealkylation sites (tertiary alicyclic amines) is 1. The molecule has 2 fully saturated rings. The number of amides is 1. The quantitative estimate of drug-likeness (QED) is 0.897. The summed E-state index contributed by atoms with van der Waals surface area (Å²) < 4.78 is 18.9. The Balaban J connectivity index is 1.60. The van der Waals surface area contributed by atoms with Gasteiger partial charge in [-0.3, -0.25) is 9.69 Å². The van der Waals surface area contributed by atoms with Crippen LogP contribution in [-0.2, 0) is 9.53 Å². The van der Waals surface area contributed by atoms with Crippen LogP contribution in [0.3, 0.4) is 0 Å². The van der Waals surface area contributed by atoms with Gasteiger partial charge in [0.25, 0.3) is 0 Å². The first-order valence-corrected chi connectivity index (χ1v) is 7.58. The van der Waals surface area contributed by atoms with Crippen molar-refractivity contribution < 1.29 is 19.0 Å². The number of likely N-dealkylation sites (N-methyl/N-ethyl adjacent to an activating group) is 1. The minimum Gasteiger partial charge on any atom is -0.388 e. The van der Waals surface area contributed by atoms with E-state index < -0.39 is 11.9 Å². The molecule has 3 unspecified atom stereocenters. The summed E-state index contributed by atoms with van der Waals surface area (Å²) in [5.41, 5.74) is 0.429. The second kappa shape index (κ2) is 6.32. The predicted molar refractivity (Wildman–Crippen MR) is 78.7 cm³/mol. The smallest absolute Gasteiger partial charge is 0.225 e. The maximum atomic E-state index is 13.2. The summed E-state index contributed by atoms with van der Waals surface area (Å²) in [4.78, 5) is 16.3. The predicted octanol–water partition coefficient (Wildman–Crippen LogP) is 0.791. The Kier molecular flexibility index (Phi) is 4.42. The largest absolute Gasteiger partial charge is 0.388 e. The number of halogens is 1. The Morgan fingerprint density at radius 2 is 2.32 bits per heavy atom. The first kappa shape index (κ1) is 15.4. The van der Waals surface area contributed by atoms with Crippen LogP contribution >= 0.6 is 0 Å². The first-order valence-electron chi connectivity index (χ1n) is 7.58. The van der Waals surface area contributed by atoms with E-state index in [1.165, 1.54) is 18.2 Å². The molecule has 2 saturated heterocycles. The Morgan fingerprint density at radius 3 is 3.05 bits per heavy atom. The lowest BCUT2D eigenvalue weighted by molar-refractivity contribution is -0.132. The van der Waals surface area contributed by atoms with Gasteiger partial charge < -0.3 is 14.7 Å². The fourth-order valence-electron chi connectivity index (χ4n) is 3.19. The van der Waals surface area contributed by atoms with Crippen LogP contribution < -0.4 is 0 Å². The van der Waals surface area contributed by atoms with Crippen LogP contribution in [0.1, 0.15) is 18.1 Å². The minimum absolute atomic E-state index is 0.0351. The van der Waals surface area contributed by atoms with Gasteiger partial charge in [-0.05, 0) is 24.7 Å². The van der Waals surface area contributed by atoms with Crippen LogP contribution in [0.25, 0.3) is 0 Å². The Hall–Kier alpha value is -1.50. The minimum atomic E-state index is -0.982. The van der Waals surface area contributed by atoms with Crippen LogP contribution in [0.2, 0.25) is 0 Å². The van der Waals surface area contributed by atoms with Gasteiger partial charge in [-0.2, -0.15) is 0 Å². The van der Waals surface area contributed by atoms with E-state index in [1.807, 2.05) is 7.05 Å². The van der Waals surface area contributed by atoms with Gasteiger partial charge in [0, 0.05) is 19.6 Å². The Bertz CT molecular complexity index is 554. The van der Waals surface area contributed by atoms with E-state index in [2.05, 4.69) is 4.90 Å². The highest BCUT2D eigenvalue weighted by Gasteiger charge is 2.40. The molecule has 0 radical (unpaired) electrons. The number of hydrogen-bond acceptors (Lipinski definition) is 4. The van der Waals surface area contributed by atoms with Gasteiger partial charge in [-0.25, -0.2) is 4.39 Å². The third-order valence-electron chi connectivity index (χ3n) is 4.53. The number of hydrogen-bond donors (Lipinski definition) is 1. The van der Waals surface area contributed by atoms with E-state index in [0.29, 0.717) is 25.3 Å². The van der Waals surface area contributed by atoms with Gasteiger partial charge in [-0.1, -0.05) is 12.1 Å². The molecule has 0 spiro atoms. The van der Waals surface area contributed by atoms with Gasteiger partial charge >= 0.3 is 0 Å². The zero-order valence-electron chi connectivity index (χ0n) is 12.6. The molecular formula is C16H21FN2O3. The number of aliphatic hydroxyl groups is 1. The van der Waals surface area contributed by atoms with Crippen molar-refractivity contribution >= 4 is 5.91 Å². The summed E-state index contributed by atoms with van der Waals surface area (Å²) in [5.74, 6) is -0.533. The third-order valence-corrected chi connectivity index (χ3v) is 4.53. The summed E-state index contributed by atoms with van der Waals surface area (Å²) in [6, 6.07) is 5.96. The highest BCUT2D eigenvalue weighted by atomic mass is 19.1. The molecule has 22 heavy (non-hydrogen) atoms. The second-order valence-electron chi connectivity index (χ2n) is 6.03. The molecule has 2 aliphatic rings. The zero-order chi connectivity index (χ0) is 15.7.